The molecule has 2 aromatic carbocycles. The zero-order valence-corrected chi connectivity index (χ0v) is 20.2. The molecule has 0 saturated carbocycles. The maximum atomic E-state index is 14.5. The van der Waals surface area contributed by atoms with Crippen LogP contribution in [0.3, 0.4) is 0 Å². The monoisotopic (exact) mass is 473 g/mol. The summed E-state index contributed by atoms with van der Waals surface area (Å²) in [6, 6.07) is 12.6. The van der Waals surface area contributed by atoms with Crippen LogP contribution in [0.25, 0.3) is 5.69 Å². The Labute approximate surface area is 199 Å². The summed E-state index contributed by atoms with van der Waals surface area (Å²) >= 11 is 0. The van der Waals surface area contributed by atoms with E-state index in [0.717, 1.165) is 35.6 Å². The fourth-order valence-electron chi connectivity index (χ4n) is 3.78. The zero-order valence-electron chi connectivity index (χ0n) is 20.2. The number of aliphatic hydroxyl groups is 1. The van der Waals surface area contributed by atoms with Crippen LogP contribution in [-0.2, 0) is 11.3 Å². The predicted molar refractivity (Wildman–Crippen MR) is 127 cm³/mol. The molecular formula is C26H33F2N3O3. The molecule has 8 heteroatoms. The summed E-state index contributed by atoms with van der Waals surface area (Å²) in [7, 11) is 0. The molecule has 0 aliphatic carbocycles. The Kier molecular flexibility index (Phi) is 9.15. The highest BCUT2D eigenvalue weighted by Crippen LogP contribution is 2.33. The van der Waals surface area contributed by atoms with Gasteiger partial charge in [0.1, 0.15) is 5.82 Å². The Balaban J connectivity index is 1.99. The molecule has 3 aromatic rings. The number of aliphatic hydroxyl groups excluding tert-OH is 1. The van der Waals surface area contributed by atoms with Gasteiger partial charge < -0.3 is 14.6 Å². The van der Waals surface area contributed by atoms with Gasteiger partial charge in [-0.15, -0.1) is 0 Å². The first-order valence-corrected chi connectivity index (χ1v) is 11.5. The Hall–Kier alpha value is -2.81. The smallest absolute Gasteiger partial charge is 0.227 e. The predicted octanol–water partition coefficient (Wildman–Crippen LogP) is 5.11. The summed E-state index contributed by atoms with van der Waals surface area (Å²) in [6.45, 7) is 10.3. The van der Waals surface area contributed by atoms with Gasteiger partial charge in [0, 0.05) is 32.3 Å². The number of aryl methyl sites for hydroxylation is 1. The first-order chi connectivity index (χ1) is 16.3. The third kappa shape index (κ3) is 6.85. The van der Waals surface area contributed by atoms with Crippen molar-refractivity contribution in [1.29, 1.82) is 0 Å². The second kappa shape index (κ2) is 12.1. The Morgan fingerprint density at radius 1 is 1.09 bits per heavy atom. The zero-order chi connectivity index (χ0) is 24.7. The molecular weight excluding hydrogens is 440 g/mol. The molecule has 6 nitrogen and oxygen atoms in total. The van der Waals surface area contributed by atoms with Gasteiger partial charge in [-0.25, -0.2) is 13.5 Å². The average molecular weight is 474 g/mol. The number of ether oxygens (including phenoxy) is 2. The summed E-state index contributed by atoms with van der Waals surface area (Å²) in [4.78, 5) is 2.11. The van der Waals surface area contributed by atoms with Crippen molar-refractivity contribution < 1.29 is 23.4 Å². The minimum absolute atomic E-state index is 0.0912. The molecule has 3 rings (SSSR count). The van der Waals surface area contributed by atoms with E-state index in [-0.39, 0.29) is 12.4 Å². The third-order valence-electron chi connectivity index (χ3n) is 5.23. The van der Waals surface area contributed by atoms with Crippen molar-refractivity contribution in [3.8, 4) is 17.3 Å². The Morgan fingerprint density at radius 3 is 2.47 bits per heavy atom. The largest absolute Gasteiger partial charge is 0.435 e. The number of hydrogen-bond donors (Lipinski definition) is 1. The second-order valence-electron chi connectivity index (χ2n) is 8.69. The molecule has 0 amide bonds. The molecule has 0 fully saturated rings. The minimum Gasteiger partial charge on any atom is -0.435 e. The highest BCUT2D eigenvalue weighted by molar-refractivity contribution is 5.43. The maximum Gasteiger partial charge on any atom is 0.227 e. The van der Waals surface area contributed by atoms with Crippen molar-refractivity contribution >= 4 is 0 Å². The summed E-state index contributed by atoms with van der Waals surface area (Å²) in [5.74, 6) is -0.865. The van der Waals surface area contributed by atoms with E-state index in [4.69, 9.17) is 9.47 Å². The van der Waals surface area contributed by atoms with Gasteiger partial charge in [0.05, 0.1) is 29.7 Å². The summed E-state index contributed by atoms with van der Waals surface area (Å²) in [6.07, 6.45) is -0.651. The van der Waals surface area contributed by atoms with Gasteiger partial charge in [0.25, 0.3) is 0 Å². The van der Waals surface area contributed by atoms with Crippen molar-refractivity contribution in [3.05, 3.63) is 71.4 Å². The van der Waals surface area contributed by atoms with Gasteiger partial charge in [-0.2, -0.15) is 5.10 Å². The first-order valence-electron chi connectivity index (χ1n) is 11.5. The molecule has 184 valence electrons. The average Bonchev–Trinajstić information content (AvgIpc) is 3.09. The second-order valence-corrected chi connectivity index (χ2v) is 8.69. The van der Waals surface area contributed by atoms with Gasteiger partial charge >= 0.3 is 0 Å². The minimum atomic E-state index is -0.796. The summed E-state index contributed by atoms with van der Waals surface area (Å²) < 4.78 is 41.0. The molecule has 0 bridgehead atoms. The van der Waals surface area contributed by atoms with Crippen LogP contribution < -0.4 is 4.74 Å². The van der Waals surface area contributed by atoms with E-state index in [1.165, 1.54) is 6.07 Å². The van der Waals surface area contributed by atoms with Crippen molar-refractivity contribution in [2.24, 2.45) is 5.92 Å². The highest BCUT2D eigenvalue weighted by Gasteiger charge is 2.24. The van der Waals surface area contributed by atoms with Crippen molar-refractivity contribution in [2.75, 3.05) is 26.3 Å². The fraction of sp³-hybridized carbons (Fsp3) is 0.423. The molecule has 0 aliphatic heterocycles. The van der Waals surface area contributed by atoms with Gasteiger partial charge in [0.15, 0.2) is 11.6 Å². The number of hydrogen-bond acceptors (Lipinski definition) is 5. The SMILES string of the molecule is CCOCC(O)CN(Cc1c(C)nn(-c2ccccc2)c1Oc1ccc(F)cc1F)CC(C)C. The number of benzene rings is 2. The van der Waals surface area contributed by atoms with Crippen LogP contribution in [0.1, 0.15) is 32.0 Å². The van der Waals surface area contributed by atoms with Crippen LogP contribution in [0.5, 0.6) is 11.6 Å². The van der Waals surface area contributed by atoms with Gasteiger partial charge in [0.2, 0.25) is 5.88 Å². The lowest BCUT2D eigenvalue weighted by Gasteiger charge is -2.27. The molecule has 1 unspecified atom stereocenters. The van der Waals surface area contributed by atoms with E-state index in [0.29, 0.717) is 31.5 Å². The van der Waals surface area contributed by atoms with E-state index >= 15 is 0 Å². The Morgan fingerprint density at radius 2 is 1.82 bits per heavy atom. The van der Waals surface area contributed by atoms with Crippen LogP contribution in [0.4, 0.5) is 8.78 Å². The van der Waals surface area contributed by atoms with Crippen molar-refractivity contribution in [2.45, 2.75) is 40.3 Å². The van der Waals surface area contributed by atoms with E-state index in [2.05, 4.69) is 23.8 Å². The molecule has 0 aliphatic rings. The van der Waals surface area contributed by atoms with E-state index in [1.54, 1.807) is 4.68 Å². The molecule has 0 spiro atoms. The number of halogens is 2. The molecule has 1 atom stereocenters. The van der Waals surface area contributed by atoms with E-state index in [1.807, 2.05) is 44.2 Å². The standard InChI is InChI=1S/C26H33F2N3O3/c1-5-33-17-22(32)15-30(14-18(2)3)16-23-19(4)29-31(21-9-7-6-8-10-21)26(23)34-25-12-11-20(27)13-24(25)28/h6-13,18,22,32H,5,14-17H2,1-4H3. The quantitative estimate of drug-likeness (QED) is 0.396. The lowest BCUT2D eigenvalue weighted by Crippen LogP contribution is -2.37. The van der Waals surface area contributed by atoms with Crippen LogP contribution >= 0.6 is 0 Å². The molecule has 1 heterocycles. The summed E-state index contributed by atoms with van der Waals surface area (Å²) in [5.41, 5.74) is 2.23. The lowest BCUT2D eigenvalue weighted by molar-refractivity contribution is 0.0173. The molecule has 0 saturated heterocycles. The normalized spacial score (nSPS) is 12.5. The number of rotatable bonds is 12. The van der Waals surface area contributed by atoms with Crippen LogP contribution in [0.15, 0.2) is 48.5 Å². The number of para-hydroxylation sites is 1. The van der Waals surface area contributed by atoms with Gasteiger partial charge in [-0.3, -0.25) is 4.90 Å². The van der Waals surface area contributed by atoms with Gasteiger partial charge in [-0.05, 0) is 44.0 Å². The maximum absolute atomic E-state index is 14.5. The van der Waals surface area contributed by atoms with Crippen molar-refractivity contribution in [3.63, 3.8) is 0 Å². The van der Waals surface area contributed by atoms with E-state index < -0.39 is 17.7 Å². The van der Waals surface area contributed by atoms with Crippen LogP contribution in [-0.4, -0.2) is 52.2 Å². The fourth-order valence-corrected chi connectivity index (χ4v) is 3.78. The van der Waals surface area contributed by atoms with Crippen molar-refractivity contribution in [1.82, 2.24) is 14.7 Å². The van der Waals surface area contributed by atoms with Crippen LogP contribution in [0.2, 0.25) is 0 Å². The highest BCUT2D eigenvalue weighted by atomic mass is 19.1. The van der Waals surface area contributed by atoms with Gasteiger partial charge in [-0.1, -0.05) is 32.0 Å². The molecule has 34 heavy (non-hydrogen) atoms. The molecule has 1 aromatic heterocycles. The topological polar surface area (TPSA) is 59.8 Å². The lowest BCUT2D eigenvalue weighted by atomic mass is 10.1. The number of aromatic nitrogens is 2. The molecule has 0 radical (unpaired) electrons. The Bertz CT molecular complexity index is 1060. The van der Waals surface area contributed by atoms with E-state index in [9.17, 15) is 13.9 Å². The summed E-state index contributed by atoms with van der Waals surface area (Å²) in [5, 5.41) is 15.1. The molecule has 1 N–H and O–H groups in total. The first kappa shape index (κ1) is 25.8. The van der Waals surface area contributed by atoms with Crippen LogP contribution in [0, 0.1) is 24.5 Å². The third-order valence-corrected chi connectivity index (χ3v) is 5.23. The number of nitrogens with zero attached hydrogens (tertiary/aromatic N) is 3.